The van der Waals surface area contributed by atoms with Crippen LogP contribution in [0.1, 0.15) is 30.4 Å². The van der Waals surface area contributed by atoms with E-state index in [0.717, 1.165) is 50.0 Å². The minimum Gasteiger partial charge on any atom is -0.371 e. The van der Waals surface area contributed by atoms with Crippen LogP contribution in [-0.4, -0.2) is 52.5 Å². The Morgan fingerprint density at radius 1 is 1.35 bits per heavy atom. The van der Waals surface area contributed by atoms with E-state index in [9.17, 15) is 0 Å². The largest absolute Gasteiger partial charge is 0.371 e. The van der Waals surface area contributed by atoms with Crippen LogP contribution in [0, 0.1) is 0 Å². The van der Waals surface area contributed by atoms with Gasteiger partial charge in [0.15, 0.2) is 5.13 Å². The molecule has 0 spiro atoms. The molecule has 126 valence electrons. The molecule has 7 heteroatoms. The van der Waals surface area contributed by atoms with Crippen LogP contribution in [0.2, 0.25) is 0 Å². The Balaban J connectivity index is 1.61. The number of hydrogen-bond acceptors (Lipinski definition) is 6. The van der Waals surface area contributed by atoms with E-state index < -0.39 is 0 Å². The molecule has 1 saturated heterocycles. The second-order valence-corrected chi connectivity index (χ2v) is 6.92. The maximum absolute atomic E-state index is 5.91. The molecule has 23 heavy (non-hydrogen) atoms. The van der Waals surface area contributed by atoms with Crippen molar-refractivity contribution in [2.24, 2.45) is 7.05 Å². The Morgan fingerprint density at radius 3 is 2.87 bits per heavy atom. The fourth-order valence-corrected chi connectivity index (χ4v) is 3.96. The Bertz CT molecular complexity index is 622. The Morgan fingerprint density at radius 2 is 2.17 bits per heavy atom. The molecular weight excluding hydrogens is 310 g/mol. The summed E-state index contributed by atoms with van der Waals surface area (Å²) in [5, 5.41) is 5.37. The van der Waals surface area contributed by atoms with Gasteiger partial charge in [0.05, 0.1) is 18.9 Å². The fraction of sp³-hybridized carbons (Fsp3) is 0.625. The summed E-state index contributed by atoms with van der Waals surface area (Å²) in [6, 6.07) is 0. The quantitative estimate of drug-likeness (QED) is 0.810. The Hall–Kier alpha value is -1.44. The van der Waals surface area contributed by atoms with Gasteiger partial charge in [-0.3, -0.25) is 9.58 Å². The highest BCUT2D eigenvalue weighted by Gasteiger charge is 2.23. The van der Waals surface area contributed by atoms with E-state index >= 15 is 0 Å². The first kappa shape index (κ1) is 16.4. The van der Waals surface area contributed by atoms with E-state index in [-0.39, 0.29) is 6.10 Å². The van der Waals surface area contributed by atoms with Crippen LogP contribution < -0.4 is 4.90 Å². The van der Waals surface area contributed by atoms with E-state index in [1.54, 1.807) is 11.3 Å². The first-order valence-corrected chi connectivity index (χ1v) is 9.03. The highest BCUT2D eigenvalue weighted by Crippen LogP contribution is 2.26. The highest BCUT2D eigenvalue weighted by molar-refractivity contribution is 7.15. The van der Waals surface area contributed by atoms with Crippen molar-refractivity contribution in [2.45, 2.75) is 26.5 Å². The van der Waals surface area contributed by atoms with Gasteiger partial charge in [0, 0.05) is 62.6 Å². The molecule has 1 atom stereocenters. The minimum absolute atomic E-state index is 0.118. The Kier molecular flexibility index (Phi) is 5.30. The summed E-state index contributed by atoms with van der Waals surface area (Å²) >= 11 is 1.80. The molecule has 1 fully saturated rings. The van der Waals surface area contributed by atoms with Gasteiger partial charge in [0.2, 0.25) is 0 Å². The minimum atomic E-state index is 0.118. The predicted molar refractivity (Wildman–Crippen MR) is 92.9 cm³/mol. The number of morpholine rings is 1. The molecular formula is C16H25N5OS. The van der Waals surface area contributed by atoms with Crippen molar-refractivity contribution in [1.82, 2.24) is 19.7 Å². The van der Waals surface area contributed by atoms with Crippen LogP contribution in [-0.2, 0) is 18.3 Å². The van der Waals surface area contributed by atoms with Crippen molar-refractivity contribution >= 4 is 16.5 Å². The number of rotatable bonds is 6. The predicted octanol–water partition coefficient (Wildman–Crippen LogP) is 2.30. The van der Waals surface area contributed by atoms with Crippen molar-refractivity contribution in [3.63, 3.8) is 0 Å². The molecule has 0 amide bonds. The lowest BCUT2D eigenvalue weighted by Crippen LogP contribution is -2.37. The van der Waals surface area contributed by atoms with Crippen LogP contribution in [0.15, 0.2) is 18.6 Å². The van der Waals surface area contributed by atoms with Gasteiger partial charge in [-0.05, 0) is 13.8 Å². The van der Waals surface area contributed by atoms with Gasteiger partial charge in [-0.15, -0.1) is 11.3 Å². The molecule has 0 saturated carbocycles. The van der Waals surface area contributed by atoms with Gasteiger partial charge in [-0.25, -0.2) is 4.98 Å². The van der Waals surface area contributed by atoms with E-state index in [0.29, 0.717) is 0 Å². The average molecular weight is 335 g/mol. The SMILES string of the molecule is CCN(CC)c1ncc(CN2CCO[C@@H](c3cnn(C)c3)C2)s1. The third-order valence-electron chi connectivity index (χ3n) is 4.20. The molecule has 6 nitrogen and oxygen atoms in total. The van der Waals surface area contributed by atoms with Crippen LogP contribution in [0.5, 0.6) is 0 Å². The molecule has 3 heterocycles. The normalized spacial score (nSPS) is 19.2. The van der Waals surface area contributed by atoms with Gasteiger partial charge < -0.3 is 9.64 Å². The van der Waals surface area contributed by atoms with E-state index in [4.69, 9.17) is 4.74 Å². The summed E-state index contributed by atoms with van der Waals surface area (Å²) < 4.78 is 7.74. The summed E-state index contributed by atoms with van der Waals surface area (Å²) in [5.74, 6) is 0. The molecule has 0 aromatic carbocycles. The summed E-state index contributed by atoms with van der Waals surface area (Å²) in [4.78, 5) is 10.6. The zero-order chi connectivity index (χ0) is 16.2. The van der Waals surface area contributed by atoms with Crippen molar-refractivity contribution in [3.05, 3.63) is 29.0 Å². The average Bonchev–Trinajstić information content (AvgIpc) is 3.18. The second-order valence-electron chi connectivity index (χ2n) is 5.82. The lowest BCUT2D eigenvalue weighted by molar-refractivity contribution is -0.0326. The summed E-state index contributed by atoms with van der Waals surface area (Å²) in [7, 11) is 1.94. The second kappa shape index (κ2) is 7.42. The molecule has 2 aromatic heterocycles. The summed E-state index contributed by atoms with van der Waals surface area (Å²) in [6.07, 6.45) is 6.08. The van der Waals surface area contributed by atoms with Crippen LogP contribution >= 0.6 is 11.3 Å². The molecule has 0 aliphatic carbocycles. The number of ether oxygens (including phenoxy) is 1. The van der Waals surface area contributed by atoms with Crippen molar-refractivity contribution in [2.75, 3.05) is 37.7 Å². The van der Waals surface area contributed by atoms with Crippen molar-refractivity contribution < 1.29 is 4.74 Å². The lowest BCUT2D eigenvalue weighted by atomic mass is 10.1. The number of nitrogens with zero attached hydrogens (tertiary/aromatic N) is 5. The van der Waals surface area contributed by atoms with Gasteiger partial charge in [-0.1, -0.05) is 0 Å². The number of anilines is 1. The maximum Gasteiger partial charge on any atom is 0.185 e. The standard InChI is InChI=1S/C16H25N5OS/c1-4-21(5-2)16-17-9-14(23-16)11-20-6-7-22-15(12-20)13-8-18-19(3)10-13/h8-10,15H,4-7,11-12H2,1-3H3/t15-/m1/s1. The van der Waals surface area contributed by atoms with Gasteiger partial charge in [-0.2, -0.15) is 5.10 Å². The number of aromatic nitrogens is 3. The van der Waals surface area contributed by atoms with Crippen molar-refractivity contribution in [1.29, 1.82) is 0 Å². The fourth-order valence-electron chi connectivity index (χ4n) is 2.89. The molecule has 3 rings (SSSR count). The molecule has 0 N–H and O–H groups in total. The van der Waals surface area contributed by atoms with Crippen LogP contribution in [0.3, 0.4) is 0 Å². The number of aryl methyl sites for hydroxylation is 1. The number of thiazole rings is 1. The molecule has 2 aromatic rings. The zero-order valence-corrected chi connectivity index (χ0v) is 14.9. The van der Waals surface area contributed by atoms with Gasteiger partial charge >= 0.3 is 0 Å². The third-order valence-corrected chi connectivity index (χ3v) is 5.24. The van der Waals surface area contributed by atoms with Gasteiger partial charge in [0.25, 0.3) is 0 Å². The van der Waals surface area contributed by atoms with E-state index in [1.165, 1.54) is 4.88 Å². The van der Waals surface area contributed by atoms with Crippen molar-refractivity contribution in [3.8, 4) is 0 Å². The molecule has 0 bridgehead atoms. The first-order chi connectivity index (χ1) is 11.2. The summed E-state index contributed by atoms with van der Waals surface area (Å²) in [6.45, 7) is 9.93. The lowest BCUT2D eigenvalue weighted by Gasteiger charge is -2.32. The number of hydrogen-bond donors (Lipinski definition) is 0. The van der Waals surface area contributed by atoms with E-state index in [1.807, 2.05) is 30.3 Å². The monoisotopic (exact) mass is 335 g/mol. The van der Waals surface area contributed by atoms with Crippen LogP contribution in [0.4, 0.5) is 5.13 Å². The first-order valence-electron chi connectivity index (χ1n) is 8.21. The highest BCUT2D eigenvalue weighted by atomic mass is 32.1. The summed E-state index contributed by atoms with van der Waals surface area (Å²) in [5.41, 5.74) is 1.16. The smallest absolute Gasteiger partial charge is 0.185 e. The maximum atomic E-state index is 5.91. The topological polar surface area (TPSA) is 46.4 Å². The van der Waals surface area contributed by atoms with E-state index in [2.05, 4.69) is 33.7 Å². The molecule has 0 unspecified atom stereocenters. The van der Waals surface area contributed by atoms with Gasteiger partial charge in [0.1, 0.15) is 0 Å². The third kappa shape index (κ3) is 3.91. The van der Waals surface area contributed by atoms with Crippen LogP contribution in [0.25, 0.3) is 0 Å². The molecule has 1 aliphatic rings. The zero-order valence-electron chi connectivity index (χ0n) is 14.1. The Labute approximate surface area is 141 Å². The molecule has 0 radical (unpaired) electrons. The molecule has 1 aliphatic heterocycles.